The third-order valence-corrected chi connectivity index (χ3v) is 7.93. The third-order valence-electron chi connectivity index (χ3n) is 7.93. The number of rotatable bonds is 4. The van der Waals surface area contributed by atoms with E-state index in [1.807, 2.05) is 17.9 Å². The maximum absolute atomic E-state index is 16.0. The average Bonchev–Trinajstić information content (AvgIpc) is 2.94. The van der Waals surface area contributed by atoms with E-state index in [-0.39, 0.29) is 18.9 Å². The summed E-state index contributed by atoms with van der Waals surface area (Å²) in [6, 6.07) is 17.2. The van der Waals surface area contributed by atoms with Gasteiger partial charge < -0.3 is 15.1 Å². The van der Waals surface area contributed by atoms with Crippen molar-refractivity contribution in [2.45, 2.75) is 57.4 Å². The van der Waals surface area contributed by atoms with Gasteiger partial charge >= 0.3 is 6.18 Å². The predicted molar refractivity (Wildman–Crippen MR) is 151 cm³/mol. The van der Waals surface area contributed by atoms with Gasteiger partial charge in [0.15, 0.2) is 11.6 Å². The van der Waals surface area contributed by atoms with Gasteiger partial charge in [-0.25, -0.2) is 9.38 Å². The molecule has 0 amide bonds. The number of hydrogen-bond donors (Lipinski definition) is 1. The molecule has 0 atom stereocenters. The number of nitrogens with zero attached hydrogens (tertiary/aromatic N) is 4. The van der Waals surface area contributed by atoms with Crippen LogP contribution >= 0.6 is 0 Å². The molecule has 9 heteroatoms. The number of guanidine groups is 1. The first kappa shape index (κ1) is 27.9. The molecule has 0 aliphatic carbocycles. The highest BCUT2D eigenvalue weighted by Crippen LogP contribution is 2.38. The highest BCUT2D eigenvalue weighted by Gasteiger charge is 2.39. The Morgan fingerprint density at radius 2 is 1.57 bits per heavy atom. The fraction of sp³-hybridized carbons (Fsp3) is 0.419. The minimum atomic E-state index is -4.40. The molecule has 2 fully saturated rings. The van der Waals surface area contributed by atoms with Crippen LogP contribution in [0.2, 0.25) is 0 Å². The van der Waals surface area contributed by atoms with Crippen LogP contribution in [0.4, 0.5) is 28.9 Å². The minimum Gasteiger partial charge on any atom is -0.371 e. The van der Waals surface area contributed by atoms with Gasteiger partial charge in [0.25, 0.3) is 0 Å². The van der Waals surface area contributed by atoms with Gasteiger partial charge in [0.2, 0.25) is 0 Å². The number of halogens is 4. The second-order valence-electron chi connectivity index (χ2n) is 10.8. The Labute approximate surface area is 232 Å². The van der Waals surface area contributed by atoms with Gasteiger partial charge in [-0.2, -0.15) is 13.2 Å². The number of aliphatic imine (C=N–C) groups is 1. The first-order valence-electron chi connectivity index (χ1n) is 13.8. The summed E-state index contributed by atoms with van der Waals surface area (Å²) in [5, 5.41) is 3.26. The maximum atomic E-state index is 16.0. The van der Waals surface area contributed by atoms with E-state index >= 15 is 4.39 Å². The Balaban J connectivity index is 1.32. The smallest absolute Gasteiger partial charge is 0.371 e. The maximum Gasteiger partial charge on any atom is 0.416 e. The molecule has 0 unspecified atom stereocenters. The lowest BCUT2D eigenvalue weighted by Gasteiger charge is -2.39. The summed E-state index contributed by atoms with van der Waals surface area (Å²) >= 11 is 0. The van der Waals surface area contributed by atoms with E-state index in [2.05, 4.69) is 46.4 Å². The quantitative estimate of drug-likeness (QED) is 0.212. The van der Waals surface area contributed by atoms with Crippen LogP contribution in [0, 0.1) is 13.8 Å². The number of aromatic nitrogens is 1. The Bertz CT molecular complexity index is 1300. The second kappa shape index (κ2) is 11.5. The molecule has 5 rings (SSSR count). The zero-order valence-electron chi connectivity index (χ0n) is 22.9. The van der Waals surface area contributed by atoms with E-state index in [0.29, 0.717) is 30.4 Å². The number of benzene rings is 2. The van der Waals surface area contributed by atoms with Gasteiger partial charge in [-0.05, 0) is 74.7 Å². The van der Waals surface area contributed by atoms with Gasteiger partial charge in [0.1, 0.15) is 0 Å². The van der Waals surface area contributed by atoms with Crippen molar-refractivity contribution in [3.63, 3.8) is 0 Å². The van der Waals surface area contributed by atoms with E-state index in [0.717, 1.165) is 43.6 Å². The second-order valence-corrected chi connectivity index (χ2v) is 10.8. The molecule has 2 saturated heterocycles. The molecule has 0 spiro atoms. The normalized spacial score (nSPS) is 18.6. The van der Waals surface area contributed by atoms with Crippen molar-refractivity contribution >= 4 is 17.3 Å². The number of likely N-dealkylation sites (tertiary alicyclic amines) is 1. The van der Waals surface area contributed by atoms with Crippen LogP contribution in [0.25, 0.3) is 0 Å². The van der Waals surface area contributed by atoms with Gasteiger partial charge in [-0.1, -0.05) is 23.8 Å². The summed E-state index contributed by atoms with van der Waals surface area (Å²) in [4.78, 5) is 13.7. The highest BCUT2D eigenvalue weighted by molar-refractivity contribution is 5.94. The predicted octanol–water partition coefficient (Wildman–Crippen LogP) is 7.11. The number of nitrogens with one attached hydrogen (secondary N) is 1. The van der Waals surface area contributed by atoms with Crippen molar-refractivity contribution in [2.75, 3.05) is 36.4 Å². The monoisotopic (exact) mass is 553 g/mol. The fourth-order valence-electron chi connectivity index (χ4n) is 5.51. The number of pyridine rings is 1. The Morgan fingerprint density at radius 1 is 0.925 bits per heavy atom. The molecule has 5 nitrogen and oxygen atoms in total. The van der Waals surface area contributed by atoms with E-state index < -0.39 is 17.4 Å². The molecule has 0 saturated carbocycles. The Kier molecular flexibility index (Phi) is 8.01. The van der Waals surface area contributed by atoms with Crippen molar-refractivity contribution < 1.29 is 17.6 Å². The van der Waals surface area contributed by atoms with Crippen LogP contribution in [-0.4, -0.2) is 48.1 Å². The van der Waals surface area contributed by atoms with E-state index in [1.165, 1.54) is 23.4 Å². The first-order valence-corrected chi connectivity index (χ1v) is 13.8. The summed E-state index contributed by atoms with van der Waals surface area (Å²) in [6.07, 6.45) is -0.575. The number of anilines is 2. The molecule has 212 valence electrons. The molecule has 2 aromatic carbocycles. The zero-order chi connectivity index (χ0) is 28.3. The standard InChI is InChI=1S/C31H35F4N5/c1-22-5-11-27(12-6-22)39-18-13-26(14-19-39)38-29(37-25-9-7-24(8-10-25)31(33,34)35)40-20-15-30(32,16-21-40)28-23(2)4-3-17-36-28/h3-12,17,26H,13-16,18-21H2,1-2H3,(H,37,38). The largest absolute Gasteiger partial charge is 0.416 e. The molecule has 2 aliphatic rings. The van der Waals surface area contributed by atoms with Crippen molar-refractivity contribution in [1.82, 2.24) is 9.88 Å². The summed E-state index contributed by atoms with van der Waals surface area (Å²) in [5.41, 5.74) is 2.01. The third kappa shape index (κ3) is 6.40. The Morgan fingerprint density at radius 3 is 2.17 bits per heavy atom. The van der Waals surface area contributed by atoms with Gasteiger partial charge in [0.05, 0.1) is 17.3 Å². The molecule has 2 aliphatic heterocycles. The van der Waals surface area contributed by atoms with Crippen molar-refractivity contribution in [2.24, 2.45) is 4.99 Å². The average molecular weight is 554 g/mol. The van der Waals surface area contributed by atoms with Gasteiger partial charge in [-0.15, -0.1) is 0 Å². The van der Waals surface area contributed by atoms with E-state index in [1.54, 1.807) is 12.3 Å². The molecular formula is C31H35F4N5. The molecule has 40 heavy (non-hydrogen) atoms. The van der Waals surface area contributed by atoms with Crippen LogP contribution in [0.1, 0.15) is 48.1 Å². The highest BCUT2D eigenvalue weighted by atomic mass is 19.4. The number of piperidine rings is 2. The van der Waals surface area contributed by atoms with E-state index in [4.69, 9.17) is 4.99 Å². The van der Waals surface area contributed by atoms with Crippen LogP contribution in [-0.2, 0) is 11.8 Å². The topological polar surface area (TPSA) is 43.8 Å². The SMILES string of the molecule is Cc1ccc(N2CCC(N=C(Nc3ccc(C(F)(F)F)cc3)N3CCC(F)(c4ncccc4C)CC3)CC2)cc1. The molecule has 3 aromatic rings. The summed E-state index contributed by atoms with van der Waals surface area (Å²) in [5.74, 6) is 0.577. The van der Waals surface area contributed by atoms with Crippen LogP contribution < -0.4 is 10.2 Å². The molecule has 0 radical (unpaired) electrons. The lowest BCUT2D eigenvalue weighted by atomic mass is 9.87. The number of hydrogen-bond acceptors (Lipinski definition) is 3. The lowest BCUT2D eigenvalue weighted by Crippen LogP contribution is -2.47. The zero-order valence-corrected chi connectivity index (χ0v) is 22.9. The number of alkyl halides is 4. The molecular weight excluding hydrogens is 518 g/mol. The lowest BCUT2D eigenvalue weighted by molar-refractivity contribution is -0.137. The Hall–Kier alpha value is -3.62. The van der Waals surface area contributed by atoms with Gasteiger partial charge in [-0.3, -0.25) is 4.98 Å². The van der Waals surface area contributed by atoms with Crippen molar-refractivity contribution in [3.8, 4) is 0 Å². The van der Waals surface area contributed by atoms with Crippen LogP contribution in [0.5, 0.6) is 0 Å². The van der Waals surface area contributed by atoms with Crippen molar-refractivity contribution in [1.29, 1.82) is 0 Å². The summed E-state index contributed by atoms with van der Waals surface area (Å²) < 4.78 is 55.3. The summed E-state index contributed by atoms with van der Waals surface area (Å²) in [6.45, 7) is 6.50. The molecule has 0 bridgehead atoms. The fourth-order valence-corrected chi connectivity index (χ4v) is 5.51. The first-order chi connectivity index (χ1) is 19.1. The summed E-state index contributed by atoms with van der Waals surface area (Å²) in [7, 11) is 0. The molecule has 1 aromatic heterocycles. The van der Waals surface area contributed by atoms with Crippen LogP contribution in [0.15, 0.2) is 71.9 Å². The van der Waals surface area contributed by atoms with Crippen molar-refractivity contribution in [3.05, 3.63) is 89.2 Å². The molecule has 1 N–H and O–H groups in total. The van der Waals surface area contributed by atoms with Crippen LogP contribution in [0.3, 0.4) is 0 Å². The van der Waals surface area contributed by atoms with Gasteiger partial charge in [0, 0.05) is 56.6 Å². The minimum absolute atomic E-state index is 0.0498. The number of aryl methyl sites for hydroxylation is 2. The van der Waals surface area contributed by atoms with E-state index in [9.17, 15) is 13.2 Å². The molecule has 3 heterocycles.